The molecule has 24 heavy (non-hydrogen) atoms. The summed E-state index contributed by atoms with van der Waals surface area (Å²) in [7, 11) is 0. The van der Waals surface area contributed by atoms with Crippen LogP contribution in [0.1, 0.15) is 35.0 Å². The van der Waals surface area contributed by atoms with Crippen molar-refractivity contribution < 1.29 is 14.3 Å². The highest BCUT2D eigenvalue weighted by atomic mass is 32.1. The molecular weight excluding hydrogens is 322 g/mol. The van der Waals surface area contributed by atoms with Gasteiger partial charge in [-0.2, -0.15) is 0 Å². The third-order valence-corrected chi connectivity index (χ3v) is 5.02. The molecule has 0 aliphatic carbocycles. The molecule has 3 rings (SSSR count). The number of ether oxygens (including phenoxy) is 2. The molecule has 5 heteroatoms. The van der Waals surface area contributed by atoms with Gasteiger partial charge in [-0.15, -0.1) is 11.3 Å². The second-order valence-corrected chi connectivity index (χ2v) is 6.90. The Balaban J connectivity index is 1.57. The molecule has 1 unspecified atom stereocenters. The number of amides is 1. The standard InChI is InChI=1S/C19H23NO3S/c1-2-20(13-18-6-4-12-24-18)19(21)15-7-9-16(10-8-15)23-14-17-5-3-11-22-17/h4,6-10,12,17H,2-3,5,11,13-14H2,1H3. The van der Waals surface area contributed by atoms with E-state index in [1.165, 1.54) is 4.88 Å². The van der Waals surface area contributed by atoms with Crippen molar-refractivity contribution in [2.45, 2.75) is 32.4 Å². The van der Waals surface area contributed by atoms with Crippen molar-refractivity contribution in [1.29, 1.82) is 0 Å². The molecule has 1 aromatic carbocycles. The maximum absolute atomic E-state index is 12.7. The van der Waals surface area contributed by atoms with Crippen molar-refractivity contribution in [3.63, 3.8) is 0 Å². The van der Waals surface area contributed by atoms with Crippen molar-refractivity contribution in [1.82, 2.24) is 4.90 Å². The number of rotatable bonds is 7. The quantitative estimate of drug-likeness (QED) is 0.762. The molecule has 1 amide bonds. The summed E-state index contributed by atoms with van der Waals surface area (Å²) in [5, 5.41) is 2.04. The fourth-order valence-corrected chi connectivity index (χ4v) is 3.48. The van der Waals surface area contributed by atoms with Gasteiger partial charge < -0.3 is 14.4 Å². The maximum Gasteiger partial charge on any atom is 0.254 e. The van der Waals surface area contributed by atoms with Crippen LogP contribution in [0.25, 0.3) is 0 Å². The minimum atomic E-state index is 0.0524. The SMILES string of the molecule is CCN(Cc1cccs1)C(=O)c1ccc(OCC2CCCO2)cc1. The Morgan fingerprint density at radius 3 is 2.79 bits per heavy atom. The molecule has 0 radical (unpaired) electrons. The molecule has 1 aliphatic rings. The van der Waals surface area contributed by atoms with Crippen LogP contribution < -0.4 is 4.74 Å². The summed E-state index contributed by atoms with van der Waals surface area (Å²) in [5.41, 5.74) is 0.692. The zero-order chi connectivity index (χ0) is 16.8. The van der Waals surface area contributed by atoms with Crippen LogP contribution >= 0.6 is 11.3 Å². The molecule has 2 aromatic rings. The highest BCUT2D eigenvalue weighted by Crippen LogP contribution is 2.19. The van der Waals surface area contributed by atoms with Crippen LogP contribution in [0.2, 0.25) is 0 Å². The molecule has 4 nitrogen and oxygen atoms in total. The van der Waals surface area contributed by atoms with Gasteiger partial charge in [0.2, 0.25) is 0 Å². The van der Waals surface area contributed by atoms with E-state index >= 15 is 0 Å². The van der Waals surface area contributed by atoms with Gasteiger partial charge in [0.05, 0.1) is 12.6 Å². The number of benzene rings is 1. The normalized spacial score (nSPS) is 17.0. The van der Waals surface area contributed by atoms with Gasteiger partial charge in [-0.25, -0.2) is 0 Å². The molecule has 1 fully saturated rings. The molecule has 0 N–H and O–H groups in total. The number of thiophene rings is 1. The van der Waals surface area contributed by atoms with Crippen LogP contribution in [0, 0.1) is 0 Å². The second-order valence-electron chi connectivity index (χ2n) is 5.87. The van der Waals surface area contributed by atoms with Crippen molar-refractivity contribution in [2.75, 3.05) is 19.8 Å². The summed E-state index contributed by atoms with van der Waals surface area (Å²) in [4.78, 5) is 15.7. The average molecular weight is 345 g/mol. The first-order valence-electron chi connectivity index (χ1n) is 8.42. The highest BCUT2D eigenvalue weighted by molar-refractivity contribution is 7.09. The van der Waals surface area contributed by atoms with Crippen molar-refractivity contribution >= 4 is 17.2 Å². The van der Waals surface area contributed by atoms with Crippen molar-refractivity contribution in [2.24, 2.45) is 0 Å². The third kappa shape index (κ3) is 4.36. The average Bonchev–Trinajstić information content (AvgIpc) is 3.31. The number of carbonyl (C=O) groups excluding carboxylic acids is 1. The molecule has 1 atom stereocenters. The number of carbonyl (C=O) groups is 1. The lowest BCUT2D eigenvalue weighted by molar-refractivity contribution is 0.0678. The second kappa shape index (κ2) is 8.31. The van der Waals surface area contributed by atoms with Crippen molar-refractivity contribution in [3.05, 3.63) is 52.2 Å². The van der Waals surface area contributed by atoms with Gasteiger partial charge in [0.25, 0.3) is 5.91 Å². The van der Waals surface area contributed by atoms with E-state index in [0.717, 1.165) is 25.2 Å². The van der Waals surface area contributed by atoms with E-state index in [9.17, 15) is 4.79 Å². The molecule has 128 valence electrons. The van der Waals surface area contributed by atoms with Crippen LogP contribution in [-0.4, -0.2) is 36.7 Å². The maximum atomic E-state index is 12.7. The lowest BCUT2D eigenvalue weighted by Crippen LogP contribution is -2.29. The predicted molar refractivity (Wildman–Crippen MR) is 95.6 cm³/mol. The summed E-state index contributed by atoms with van der Waals surface area (Å²) < 4.78 is 11.3. The molecule has 1 saturated heterocycles. The van der Waals surface area contributed by atoms with Gasteiger partial charge in [0, 0.05) is 23.6 Å². The molecule has 0 saturated carbocycles. The Kier molecular flexibility index (Phi) is 5.88. The zero-order valence-corrected chi connectivity index (χ0v) is 14.8. The van der Waals surface area contributed by atoms with E-state index in [1.54, 1.807) is 11.3 Å². The molecule has 2 heterocycles. The predicted octanol–water partition coefficient (Wildman–Crippen LogP) is 3.97. The van der Waals surface area contributed by atoms with Gasteiger partial charge >= 0.3 is 0 Å². The van der Waals surface area contributed by atoms with Gasteiger partial charge in [-0.05, 0) is 55.5 Å². The fourth-order valence-electron chi connectivity index (χ4n) is 2.76. The van der Waals surface area contributed by atoms with Crippen LogP contribution in [0.5, 0.6) is 5.75 Å². The van der Waals surface area contributed by atoms with E-state index in [1.807, 2.05) is 47.5 Å². The minimum absolute atomic E-state index is 0.0524. The lowest BCUT2D eigenvalue weighted by atomic mass is 10.2. The van der Waals surface area contributed by atoms with Crippen LogP contribution in [0.3, 0.4) is 0 Å². The zero-order valence-electron chi connectivity index (χ0n) is 13.9. The Bertz CT molecular complexity index is 633. The summed E-state index contributed by atoms with van der Waals surface area (Å²) >= 11 is 1.67. The van der Waals surface area contributed by atoms with E-state index in [-0.39, 0.29) is 12.0 Å². The lowest BCUT2D eigenvalue weighted by Gasteiger charge is -2.20. The first kappa shape index (κ1) is 17.0. The van der Waals surface area contributed by atoms with Gasteiger partial charge in [0.15, 0.2) is 0 Å². The first-order chi connectivity index (χ1) is 11.8. The number of hydrogen-bond donors (Lipinski definition) is 0. The van der Waals surface area contributed by atoms with E-state index < -0.39 is 0 Å². The van der Waals surface area contributed by atoms with Crippen molar-refractivity contribution in [3.8, 4) is 5.75 Å². The number of hydrogen-bond acceptors (Lipinski definition) is 4. The van der Waals surface area contributed by atoms with Crippen LogP contribution in [0.15, 0.2) is 41.8 Å². The van der Waals surface area contributed by atoms with Gasteiger partial charge in [0.1, 0.15) is 12.4 Å². The van der Waals surface area contributed by atoms with Gasteiger partial charge in [-0.1, -0.05) is 6.07 Å². The monoisotopic (exact) mass is 345 g/mol. The molecule has 1 aliphatic heterocycles. The summed E-state index contributed by atoms with van der Waals surface area (Å²) in [5.74, 6) is 0.833. The molecule has 1 aromatic heterocycles. The van der Waals surface area contributed by atoms with Gasteiger partial charge in [-0.3, -0.25) is 4.79 Å². The minimum Gasteiger partial charge on any atom is -0.491 e. The van der Waals surface area contributed by atoms with Crippen LogP contribution in [-0.2, 0) is 11.3 Å². The number of nitrogens with zero attached hydrogens (tertiary/aromatic N) is 1. The Labute approximate surface area is 147 Å². The van der Waals surface area contributed by atoms with E-state index in [4.69, 9.17) is 9.47 Å². The summed E-state index contributed by atoms with van der Waals surface area (Å²) in [6.07, 6.45) is 2.37. The first-order valence-corrected chi connectivity index (χ1v) is 9.30. The topological polar surface area (TPSA) is 38.8 Å². The third-order valence-electron chi connectivity index (χ3n) is 4.16. The Morgan fingerprint density at radius 1 is 1.33 bits per heavy atom. The molecular formula is C19H23NO3S. The Morgan fingerprint density at radius 2 is 2.17 bits per heavy atom. The largest absolute Gasteiger partial charge is 0.491 e. The smallest absolute Gasteiger partial charge is 0.254 e. The highest BCUT2D eigenvalue weighted by Gasteiger charge is 2.17. The van der Waals surface area contributed by atoms with E-state index in [2.05, 4.69) is 6.07 Å². The molecule has 0 bridgehead atoms. The Hall–Kier alpha value is -1.85. The summed E-state index contributed by atoms with van der Waals surface area (Å²) in [6.45, 7) is 4.76. The van der Waals surface area contributed by atoms with E-state index in [0.29, 0.717) is 25.3 Å². The van der Waals surface area contributed by atoms with Crippen LogP contribution in [0.4, 0.5) is 0 Å². The fraction of sp³-hybridized carbons (Fsp3) is 0.421. The summed E-state index contributed by atoms with van der Waals surface area (Å²) in [6, 6.07) is 11.5. The molecule has 0 spiro atoms.